The summed E-state index contributed by atoms with van der Waals surface area (Å²) in [7, 11) is 0. The van der Waals surface area contributed by atoms with Crippen LogP contribution in [0.25, 0.3) is 11.3 Å². The molecule has 0 saturated carbocycles. The van der Waals surface area contributed by atoms with Crippen molar-refractivity contribution in [2.45, 2.75) is 51.9 Å². The molecule has 0 fully saturated rings. The van der Waals surface area contributed by atoms with Crippen LogP contribution in [0.1, 0.15) is 37.7 Å². The number of anilines is 2. The van der Waals surface area contributed by atoms with Crippen molar-refractivity contribution in [2.24, 2.45) is 5.73 Å². The Hall–Kier alpha value is -6.02. The molecule has 21 heteroatoms. The Morgan fingerprint density at radius 1 is 0.926 bits per heavy atom. The molecule has 0 aliphatic rings. The summed E-state index contributed by atoms with van der Waals surface area (Å²) in [6.45, 7) is 5.73. The molecule has 54 heavy (non-hydrogen) atoms. The Balaban J connectivity index is 0.000000610. The number of nitrogens with one attached hydrogen (secondary N) is 2. The van der Waals surface area contributed by atoms with Crippen molar-refractivity contribution in [1.29, 1.82) is 5.41 Å². The topological polar surface area (TPSA) is 175 Å². The van der Waals surface area contributed by atoms with Crippen molar-refractivity contribution >= 4 is 29.1 Å². The number of amidine groups is 1. The predicted octanol–water partition coefficient (Wildman–Crippen LogP) is 8.31. The third kappa shape index (κ3) is 13.2. The maximum Gasteiger partial charge on any atom is 0.490 e. The molecule has 11 nitrogen and oxygen atoms in total. The van der Waals surface area contributed by atoms with Gasteiger partial charge < -0.3 is 35.3 Å². The zero-order valence-electron chi connectivity index (χ0n) is 28.1. The first-order valence-electron chi connectivity index (χ1n) is 15.0. The average Bonchev–Trinajstić information content (AvgIpc) is 3.53. The Kier molecular flexibility index (Phi) is 14.8. The molecule has 4 rings (SSSR count). The van der Waals surface area contributed by atoms with Crippen LogP contribution < -0.4 is 20.1 Å². The highest BCUT2D eigenvalue weighted by atomic mass is 19.4. The number of carbonyl (C=O) groups is 2. The van der Waals surface area contributed by atoms with E-state index < -0.39 is 41.8 Å². The molecule has 0 unspecified atom stereocenters. The second-order valence-electron chi connectivity index (χ2n) is 10.8. The normalized spacial score (nSPS) is 11.4. The van der Waals surface area contributed by atoms with Crippen LogP contribution >= 0.6 is 0 Å². The molecular weight excluding hydrogens is 752 g/mol. The highest BCUT2D eigenvalue weighted by Gasteiger charge is 2.39. The standard InChI is InChI=1S/C29H29F4N5O2.2C2HF3O2/c1-4-39-22-13-24(27(30)25(14-22)40-17(2)3)38(21-10-8-18(9-11-21)28(34)35)16-26-36-15-23(37-26)19-6-5-7-20(12-19)29(31,32)33;2*3-2(4,5)1(6)7/h5-15,17H,4,16H2,1-3H3,(H3,34,35)(H,36,37);2*(H,6,7). The lowest BCUT2D eigenvalue weighted by molar-refractivity contribution is -0.193. The van der Waals surface area contributed by atoms with E-state index in [2.05, 4.69) is 9.97 Å². The van der Waals surface area contributed by atoms with E-state index in [1.54, 1.807) is 55.1 Å². The van der Waals surface area contributed by atoms with Crippen LogP contribution in [-0.2, 0) is 22.3 Å². The summed E-state index contributed by atoms with van der Waals surface area (Å²) in [5.41, 5.74) is 6.68. The lowest BCUT2D eigenvalue weighted by atomic mass is 10.1. The van der Waals surface area contributed by atoms with E-state index in [0.29, 0.717) is 40.7 Å². The van der Waals surface area contributed by atoms with E-state index in [-0.39, 0.29) is 29.9 Å². The van der Waals surface area contributed by atoms with Crippen molar-refractivity contribution in [3.05, 3.63) is 89.6 Å². The molecular formula is C33H31F10N5O6. The molecule has 4 aromatic rings. The number of nitrogen functional groups attached to an aromatic ring is 1. The molecule has 294 valence electrons. The number of aromatic nitrogens is 2. The van der Waals surface area contributed by atoms with Crippen LogP contribution in [-0.4, -0.2) is 63.0 Å². The van der Waals surface area contributed by atoms with E-state index in [9.17, 15) is 39.5 Å². The van der Waals surface area contributed by atoms with Crippen LogP contribution in [0.15, 0.2) is 66.9 Å². The van der Waals surface area contributed by atoms with Gasteiger partial charge in [-0.2, -0.15) is 39.5 Å². The second-order valence-corrected chi connectivity index (χ2v) is 10.8. The molecule has 0 saturated heterocycles. The van der Waals surface area contributed by atoms with Gasteiger partial charge in [-0.05, 0) is 57.2 Å². The van der Waals surface area contributed by atoms with Crippen LogP contribution in [0.4, 0.5) is 55.3 Å². The number of nitrogens with two attached hydrogens (primary N) is 1. The number of halogens is 10. The minimum absolute atomic E-state index is 0.00501. The van der Waals surface area contributed by atoms with Crippen molar-refractivity contribution in [2.75, 3.05) is 11.5 Å². The Morgan fingerprint density at radius 3 is 1.94 bits per heavy atom. The molecule has 0 aliphatic carbocycles. The van der Waals surface area contributed by atoms with Gasteiger partial charge in [0.15, 0.2) is 11.6 Å². The van der Waals surface area contributed by atoms with Crippen molar-refractivity contribution in [1.82, 2.24) is 9.97 Å². The second kappa shape index (κ2) is 18.1. The van der Waals surface area contributed by atoms with Gasteiger partial charge in [0.05, 0.1) is 42.4 Å². The third-order valence-electron chi connectivity index (χ3n) is 6.37. The molecule has 3 aromatic carbocycles. The summed E-state index contributed by atoms with van der Waals surface area (Å²) < 4.78 is 131. The number of carboxylic acid groups (broad SMARTS) is 2. The Labute approximate surface area is 299 Å². The van der Waals surface area contributed by atoms with Crippen LogP contribution in [0.3, 0.4) is 0 Å². The van der Waals surface area contributed by atoms with E-state index in [1.165, 1.54) is 18.3 Å². The smallest absolute Gasteiger partial charge is 0.490 e. The summed E-state index contributed by atoms with van der Waals surface area (Å²) >= 11 is 0. The lowest BCUT2D eigenvalue weighted by Gasteiger charge is -2.26. The minimum Gasteiger partial charge on any atom is -0.494 e. The fraction of sp³-hybridized carbons (Fsp3) is 0.273. The summed E-state index contributed by atoms with van der Waals surface area (Å²) in [5.74, 6) is -5.49. The van der Waals surface area contributed by atoms with Gasteiger partial charge in [-0.15, -0.1) is 0 Å². The van der Waals surface area contributed by atoms with Gasteiger partial charge in [0.2, 0.25) is 0 Å². The number of hydrogen-bond donors (Lipinski definition) is 5. The highest BCUT2D eigenvalue weighted by Crippen LogP contribution is 2.39. The highest BCUT2D eigenvalue weighted by molar-refractivity contribution is 5.95. The van der Waals surface area contributed by atoms with Gasteiger partial charge in [0.1, 0.15) is 17.4 Å². The van der Waals surface area contributed by atoms with E-state index in [1.807, 2.05) is 6.92 Å². The number of alkyl halides is 9. The first-order chi connectivity index (χ1) is 24.8. The fourth-order valence-electron chi connectivity index (χ4n) is 4.08. The summed E-state index contributed by atoms with van der Waals surface area (Å²) in [5, 5.41) is 21.9. The van der Waals surface area contributed by atoms with E-state index in [0.717, 1.165) is 12.1 Å². The van der Waals surface area contributed by atoms with Crippen LogP contribution in [0.2, 0.25) is 0 Å². The third-order valence-corrected chi connectivity index (χ3v) is 6.37. The lowest BCUT2D eigenvalue weighted by Crippen LogP contribution is -2.21. The van der Waals surface area contributed by atoms with Gasteiger partial charge in [-0.1, -0.05) is 12.1 Å². The quantitative estimate of drug-likeness (QED) is 0.0602. The zero-order chi connectivity index (χ0) is 41.2. The molecule has 0 amide bonds. The summed E-state index contributed by atoms with van der Waals surface area (Å²) in [6, 6.07) is 14.6. The Morgan fingerprint density at radius 2 is 1.48 bits per heavy atom. The van der Waals surface area contributed by atoms with Crippen LogP contribution in [0.5, 0.6) is 11.5 Å². The predicted molar refractivity (Wildman–Crippen MR) is 173 cm³/mol. The maximum absolute atomic E-state index is 15.9. The van der Waals surface area contributed by atoms with Crippen molar-refractivity contribution in [3.8, 4) is 22.8 Å². The van der Waals surface area contributed by atoms with Gasteiger partial charge in [0, 0.05) is 28.9 Å². The number of aromatic amines is 1. The molecule has 0 spiro atoms. The SMILES string of the molecule is CCOc1cc(OC(C)C)c(F)c(N(Cc2ncc(-c3cccc(C(F)(F)F)c3)[nH]2)c2ccc(C(=N)N)cc2)c1.O=C(O)C(F)(F)F.O=C(O)C(F)(F)F. The molecule has 0 aliphatic heterocycles. The fourth-order valence-corrected chi connectivity index (χ4v) is 4.08. The van der Waals surface area contributed by atoms with Crippen molar-refractivity contribution in [3.63, 3.8) is 0 Å². The number of rotatable bonds is 10. The number of imidazole rings is 1. The minimum atomic E-state index is -5.08. The molecule has 6 N–H and O–H groups in total. The van der Waals surface area contributed by atoms with Gasteiger partial charge in [-0.25, -0.2) is 19.0 Å². The molecule has 1 aromatic heterocycles. The number of benzene rings is 3. The molecule has 0 radical (unpaired) electrons. The largest absolute Gasteiger partial charge is 0.494 e. The number of nitrogens with zero attached hydrogens (tertiary/aromatic N) is 2. The van der Waals surface area contributed by atoms with Gasteiger partial charge >= 0.3 is 30.5 Å². The molecule has 1 heterocycles. The monoisotopic (exact) mass is 783 g/mol. The maximum atomic E-state index is 15.9. The first kappa shape index (κ1) is 44.1. The number of carboxylic acids is 2. The number of hydrogen-bond acceptors (Lipinski definition) is 7. The number of ether oxygens (including phenoxy) is 2. The summed E-state index contributed by atoms with van der Waals surface area (Å²) in [6.07, 6.45) is -13.5. The van der Waals surface area contributed by atoms with Crippen molar-refractivity contribution < 1.29 is 73.2 Å². The van der Waals surface area contributed by atoms with E-state index in [4.69, 9.17) is 40.4 Å². The zero-order valence-corrected chi connectivity index (χ0v) is 28.1. The average molecular weight is 784 g/mol. The number of aliphatic carboxylic acids is 2. The Bertz CT molecular complexity index is 1870. The van der Waals surface area contributed by atoms with Gasteiger partial charge in [0.25, 0.3) is 0 Å². The van der Waals surface area contributed by atoms with E-state index >= 15 is 4.39 Å². The van der Waals surface area contributed by atoms with Crippen LogP contribution in [0, 0.1) is 11.2 Å². The molecule has 0 bridgehead atoms. The van der Waals surface area contributed by atoms with Gasteiger partial charge in [-0.3, -0.25) is 5.41 Å². The number of H-pyrrole nitrogens is 1. The summed E-state index contributed by atoms with van der Waals surface area (Å²) in [4.78, 5) is 26.8. The molecule has 0 atom stereocenters. The first-order valence-corrected chi connectivity index (χ1v) is 15.0.